The zero-order valence-electron chi connectivity index (χ0n) is 13.3. The van der Waals surface area contributed by atoms with E-state index in [1.807, 2.05) is 0 Å². The van der Waals surface area contributed by atoms with Crippen LogP contribution in [0.3, 0.4) is 0 Å². The number of hydrogen-bond acceptors (Lipinski definition) is 3. The van der Waals surface area contributed by atoms with Gasteiger partial charge in [-0.2, -0.15) is 0 Å². The zero-order chi connectivity index (χ0) is 14.7. The average molecular weight is 294 g/mol. The Kier molecular flexibility index (Phi) is 4.85. The maximum absolute atomic E-state index is 12.8. The molecule has 3 fully saturated rings. The molecule has 4 nitrogen and oxygen atoms in total. The molecule has 1 saturated heterocycles. The van der Waals surface area contributed by atoms with Gasteiger partial charge in [-0.15, -0.1) is 0 Å². The van der Waals surface area contributed by atoms with Crippen LogP contribution < -0.4 is 10.6 Å². The molecule has 2 aliphatic carbocycles. The predicted molar refractivity (Wildman–Crippen MR) is 83.0 cm³/mol. The number of hydrogen-bond donors (Lipinski definition) is 2. The topological polar surface area (TPSA) is 50.4 Å². The molecule has 3 aliphatic rings. The number of piperidine rings is 1. The van der Waals surface area contributed by atoms with Crippen LogP contribution in [0, 0.1) is 17.3 Å². The first-order chi connectivity index (χ1) is 10.2. The summed E-state index contributed by atoms with van der Waals surface area (Å²) in [5.41, 5.74) is -0.292. The van der Waals surface area contributed by atoms with E-state index in [0.717, 1.165) is 37.8 Å². The van der Waals surface area contributed by atoms with Crippen LogP contribution in [0.2, 0.25) is 0 Å². The number of carbonyl (C=O) groups excluding carboxylic acids is 1. The summed E-state index contributed by atoms with van der Waals surface area (Å²) in [6, 6.07) is 0.448. The van der Waals surface area contributed by atoms with E-state index in [4.69, 9.17) is 4.74 Å². The third-order valence-corrected chi connectivity index (χ3v) is 5.87. The van der Waals surface area contributed by atoms with Crippen LogP contribution in [-0.2, 0) is 9.53 Å². The fourth-order valence-corrected chi connectivity index (χ4v) is 4.40. The summed E-state index contributed by atoms with van der Waals surface area (Å²) in [7, 11) is 1.71. The van der Waals surface area contributed by atoms with Gasteiger partial charge in [0.25, 0.3) is 0 Å². The van der Waals surface area contributed by atoms with Crippen LogP contribution >= 0.6 is 0 Å². The number of nitrogens with one attached hydrogen (secondary N) is 2. The SMILES string of the molecule is COCC1(C(=O)NC2CC2C2CCCCC2)CCNCC1. The number of amides is 1. The van der Waals surface area contributed by atoms with E-state index in [9.17, 15) is 4.79 Å². The van der Waals surface area contributed by atoms with Crippen molar-refractivity contribution in [3.8, 4) is 0 Å². The first kappa shape index (κ1) is 15.3. The van der Waals surface area contributed by atoms with E-state index in [-0.39, 0.29) is 11.3 Å². The Morgan fingerprint density at radius 1 is 1.24 bits per heavy atom. The summed E-state index contributed by atoms with van der Waals surface area (Å²) in [6.45, 7) is 2.41. The molecule has 1 heterocycles. The first-order valence-corrected chi connectivity index (χ1v) is 8.76. The molecule has 2 unspecified atom stereocenters. The molecule has 0 aromatic rings. The lowest BCUT2D eigenvalue weighted by Gasteiger charge is -2.35. The van der Waals surface area contributed by atoms with Gasteiger partial charge < -0.3 is 15.4 Å². The standard InChI is InChI=1S/C17H30N2O2/c1-21-12-17(7-9-18-10-8-17)16(20)19-15-11-14(15)13-5-3-2-4-6-13/h13-15,18H,2-12H2,1H3,(H,19,20). The summed E-state index contributed by atoms with van der Waals surface area (Å²) in [4.78, 5) is 12.8. The predicted octanol–water partition coefficient (Wildman–Crippen LogP) is 2.09. The average Bonchev–Trinajstić information content (AvgIpc) is 3.28. The summed E-state index contributed by atoms with van der Waals surface area (Å²) < 4.78 is 5.36. The lowest BCUT2D eigenvalue weighted by atomic mass is 9.78. The Hall–Kier alpha value is -0.610. The molecule has 120 valence electrons. The van der Waals surface area contributed by atoms with Crippen LogP contribution in [0.1, 0.15) is 51.4 Å². The van der Waals surface area contributed by atoms with E-state index < -0.39 is 0 Å². The van der Waals surface area contributed by atoms with Gasteiger partial charge in [0, 0.05) is 13.2 Å². The van der Waals surface area contributed by atoms with Crippen molar-refractivity contribution in [3.63, 3.8) is 0 Å². The van der Waals surface area contributed by atoms with Gasteiger partial charge in [-0.1, -0.05) is 32.1 Å². The summed E-state index contributed by atoms with van der Waals surface area (Å²) >= 11 is 0. The van der Waals surface area contributed by atoms with Gasteiger partial charge in [0.1, 0.15) is 0 Å². The second-order valence-electron chi connectivity index (χ2n) is 7.34. The Labute approximate surface area is 128 Å². The third-order valence-electron chi connectivity index (χ3n) is 5.87. The minimum Gasteiger partial charge on any atom is -0.384 e. The second-order valence-corrected chi connectivity index (χ2v) is 7.34. The van der Waals surface area contributed by atoms with Crippen molar-refractivity contribution in [1.82, 2.24) is 10.6 Å². The molecule has 2 saturated carbocycles. The molecule has 0 bridgehead atoms. The lowest BCUT2D eigenvalue weighted by Crippen LogP contribution is -2.51. The van der Waals surface area contributed by atoms with Crippen molar-refractivity contribution in [2.75, 3.05) is 26.8 Å². The number of ether oxygens (including phenoxy) is 1. The Morgan fingerprint density at radius 3 is 2.62 bits per heavy atom. The molecule has 2 atom stereocenters. The number of rotatable bonds is 5. The van der Waals surface area contributed by atoms with Crippen molar-refractivity contribution in [3.05, 3.63) is 0 Å². The minimum absolute atomic E-state index is 0.245. The molecule has 0 radical (unpaired) electrons. The maximum Gasteiger partial charge on any atom is 0.228 e. The van der Waals surface area contributed by atoms with Crippen LogP contribution in [0.4, 0.5) is 0 Å². The Morgan fingerprint density at radius 2 is 1.95 bits per heavy atom. The highest BCUT2D eigenvalue weighted by Gasteiger charge is 2.47. The van der Waals surface area contributed by atoms with Crippen LogP contribution in [0.5, 0.6) is 0 Å². The van der Waals surface area contributed by atoms with Gasteiger partial charge in [0.2, 0.25) is 5.91 Å². The first-order valence-electron chi connectivity index (χ1n) is 8.76. The van der Waals surface area contributed by atoms with Gasteiger partial charge in [0.05, 0.1) is 12.0 Å². The van der Waals surface area contributed by atoms with Crippen molar-refractivity contribution in [2.24, 2.45) is 17.3 Å². The fraction of sp³-hybridized carbons (Fsp3) is 0.941. The molecule has 2 N–H and O–H groups in total. The molecular weight excluding hydrogens is 264 g/mol. The highest BCUT2D eigenvalue weighted by atomic mass is 16.5. The summed E-state index contributed by atoms with van der Waals surface area (Å²) in [5.74, 6) is 1.88. The molecular formula is C17H30N2O2. The van der Waals surface area contributed by atoms with Gasteiger partial charge in [-0.25, -0.2) is 0 Å². The normalized spacial score (nSPS) is 32.6. The molecule has 21 heavy (non-hydrogen) atoms. The molecule has 0 aromatic carbocycles. The number of methoxy groups -OCH3 is 1. The van der Waals surface area contributed by atoms with Crippen molar-refractivity contribution in [1.29, 1.82) is 0 Å². The Bertz CT molecular complexity index is 354. The van der Waals surface area contributed by atoms with Gasteiger partial charge >= 0.3 is 0 Å². The number of carbonyl (C=O) groups is 1. The van der Waals surface area contributed by atoms with E-state index in [1.165, 1.54) is 38.5 Å². The quantitative estimate of drug-likeness (QED) is 0.816. The van der Waals surface area contributed by atoms with E-state index >= 15 is 0 Å². The van der Waals surface area contributed by atoms with E-state index in [0.29, 0.717) is 12.6 Å². The van der Waals surface area contributed by atoms with Gasteiger partial charge in [-0.3, -0.25) is 4.79 Å². The highest BCUT2D eigenvalue weighted by molar-refractivity contribution is 5.83. The van der Waals surface area contributed by atoms with E-state index in [2.05, 4.69) is 10.6 Å². The monoisotopic (exact) mass is 294 g/mol. The molecule has 1 amide bonds. The van der Waals surface area contributed by atoms with Crippen LogP contribution in [-0.4, -0.2) is 38.8 Å². The molecule has 3 rings (SSSR count). The Balaban J connectivity index is 1.53. The third kappa shape index (κ3) is 3.42. The van der Waals surface area contributed by atoms with Crippen molar-refractivity contribution in [2.45, 2.75) is 57.4 Å². The largest absolute Gasteiger partial charge is 0.384 e. The fourth-order valence-electron chi connectivity index (χ4n) is 4.40. The van der Waals surface area contributed by atoms with Crippen LogP contribution in [0.15, 0.2) is 0 Å². The molecule has 0 spiro atoms. The molecule has 0 aromatic heterocycles. The van der Waals surface area contributed by atoms with E-state index in [1.54, 1.807) is 7.11 Å². The van der Waals surface area contributed by atoms with Crippen molar-refractivity contribution >= 4 is 5.91 Å². The molecule has 1 aliphatic heterocycles. The smallest absolute Gasteiger partial charge is 0.228 e. The summed E-state index contributed by atoms with van der Waals surface area (Å²) in [6.07, 6.45) is 9.94. The van der Waals surface area contributed by atoms with Crippen molar-refractivity contribution < 1.29 is 9.53 Å². The maximum atomic E-state index is 12.8. The zero-order valence-corrected chi connectivity index (χ0v) is 13.3. The highest BCUT2D eigenvalue weighted by Crippen LogP contribution is 2.45. The summed E-state index contributed by atoms with van der Waals surface area (Å²) in [5, 5.41) is 6.70. The lowest BCUT2D eigenvalue weighted by molar-refractivity contribution is -0.136. The minimum atomic E-state index is -0.292. The van der Waals surface area contributed by atoms with Gasteiger partial charge in [-0.05, 0) is 44.2 Å². The molecule has 4 heteroatoms. The van der Waals surface area contributed by atoms with Gasteiger partial charge in [0.15, 0.2) is 0 Å². The second kappa shape index (κ2) is 6.66. The van der Waals surface area contributed by atoms with Crippen LogP contribution in [0.25, 0.3) is 0 Å².